The molecule has 5 heteroatoms. The largest absolute Gasteiger partial charge is 0.409 e. The van der Waals surface area contributed by atoms with Crippen LogP contribution in [0.2, 0.25) is 0 Å². The fourth-order valence-corrected chi connectivity index (χ4v) is 2.67. The molecule has 4 N–H and O–H groups in total. The van der Waals surface area contributed by atoms with Crippen LogP contribution in [0.4, 0.5) is 0 Å². The van der Waals surface area contributed by atoms with Gasteiger partial charge < -0.3 is 16.3 Å². The first-order valence-electron chi connectivity index (χ1n) is 7.00. The van der Waals surface area contributed by atoms with Crippen LogP contribution in [-0.2, 0) is 17.6 Å². The standard InChI is InChI=1S/C15H21N3O2/c1-2-13(14(16)18-20)17-15(19)12-8-7-10-5-3-4-6-11(10)9-12/h3-6,12-13,20H,2,7-9H2,1H3,(H2,16,18)(H,17,19). The molecular formula is C15H21N3O2. The van der Waals surface area contributed by atoms with Crippen LogP contribution >= 0.6 is 0 Å². The minimum absolute atomic E-state index is 0.0158. The normalized spacial score (nSPS) is 20.1. The number of nitrogens with zero attached hydrogens (tertiary/aromatic N) is 1. The molecule has 5 nitrogen and oxygen atoms in total. The fourth-order valence-electron chi connectivity index (χ4n) is 2.67. The van der Waals surface area contributed by atoms with Crippen LogP contribution in [0.1, 0.15) is 30.9 Å². The van der Waals surface area contributed by atoms with Crippen molar-refractivity contribution < 1.29 is 10.0 Å². The molecule has 0 spiro atoms. The highest BCUT2D eigenvalue weighted by molar-refractivity contribution is 5.90. The lowest BCUT2D eigenvalue weighted by atomic mass is 9.83. The highest BCUT2D eigenvalue weighted by atomic mass is 16.4. The molecule has 20 heavy (non-hydrogen) atoms. The lowest BCUT2D eigenvalue weighted by Gasteiger charge is -2.25. The summed E-state index contributed by atoms with van der Waals surface area (Å²) in [4.78, 5) is 12.3. The van der Waals surface area contributed by atoms with Crippen LogP contribution in [0, 0.1) is 5.92 Å². The minimum atomic E-state index is -0.398. The van der Waals surface area contributed by atoms with Crippen molar-refractivity contribution in [2.45, 2.75) is 38.6 Å². The molecule has 2 rings (SSSR count). The van der Waals surface area contributed by atoms with Crippen molar-refractivity contribution in [3.05, 3.63) is 35.4 Å². The molecule has 2 atom stereocenters. The molecule has 108 valence electrons. The summed E-state index contributed by atoms with van der Waals surface area (Å²) in [5, 5.41) is 14.5. The van der Waals surface area contributed by atoms with Crippen molar-refractivity contribution in [1.82, 2.24) is 5.32 Å². The Morgan fingerprint density at radius 1 is 1.50 bits per heavy atom. The Kier molecular flexibility index (Phi) is 4.61. The molecule has 0 saturated carbocycles. The third-order valence-corrected chi connectivity index (χ3v) is 3.91. The van der Waals surface area contributed by atoms with Gasteiger partial charge >= 0.3 is 0 Å². The highest BCUT2D eigenvalue weighted by Crippen LogP contribution is 2.25. The smallest absolute Gasteiger partial charge is 0.224 e. The van der Waals surface area contributed by atoms with E-state index in [9.17, 15) is 4.79 Å². The summed E-state index contributed by atoms with van der Waals surface area (Å²) in [5.41, 5.74) is 8.15. The molecule has 1 aromatic carbocycles. The predicted octanol–water partition coefficient (Wildman–Crippen LogP) is 1.43. The average Bonchev–Trinajstić information content (AvgIpc) is 2.51. The van der Waals surface area contributed by atoms with Crippen molar-refractivity contribution in [3.63, 3.8) is 0 Å². The number of hydrogen-bond donors (Lipinski definition) is 3. The van der Waals surface area contributed by atoms with Crippen molar-refractivity contribution in [1.29, 1.82) is 0 Å². The summed E-state index contributed by atoms with van der Waals surface area (Å²) < 4.78 is 0. The number of nitrogens with one attached hydrogen (secondary N) is 1. The SMILES string of the molecule is CCC(NC(=O)C1CCc2ccccc2C1)/C(N)=N/O. The molecule has 1 aromatic rings. The maximum Gasteiger partial charge on any atom is 0.224 e. The van der Waals surface area contributed by atoms with Gasteiger partial charge in [0.25, 0.3) is 0 Å². The number of benzene rings is 1. The first-order chi connectivity index (χ1) is 9.65. The molecule has 1 aliphatic carbocycles. The van der Waals surface area contributed by atoms with E-state index in [4.69, 9.17) is 10.9 Å². The van der Waals surface area contributed by atoms with Crippen LogP contribution in [-0.4, -0.2) is 23.0 Å². The molecule has 0 aliphatic heterocycles. The Morgan fingerprint density at radius 3 is 2.85 bits per heavy atom. The van der Waals surface area contributed by atoms with Crippen LogP contribution < -0.4 is 11.1 Å². The molecule has 2 unspecified atom stereocenters. The van der Waals surface area contributed by atoms with Gasteiger partial charge in [-0.3, -0.25) is 4.79 Å². The van der Waals surface area contributed by atoms with E-state index in [2.05, 4.69) is 22.6 Å². The third-order valence-electron chi connectivity index (χ3n) is 3.91. The quantitative estimate of drug-likeness (QED) is 0.336. The summed E-state index contributed by atoms with van der Waals surface area (Å²) in [7, 11) is 0. The van der Waals surface area contributed by atoms with Crippen LogP contribution in [0.15, 0.2) is 29.4 Å². The predicted molar refractivity (Wildman–Crippen MR) is 77.6 cm³/mol. The molecule has 1 amide bonds. The van der Waals surface area contributed by atoms with E-state index < -0.39 is 6.04 Å². The summed E-state index contributed by atoms with van der Waals surface area (Å²) in [5.74, 6) is 0.000422. The van der Waals surface area contributed by atoms with Crippen LogP contribution in [0.5, 0.6) is 0 Å². The second-order valence-corrected chi connectivity index (χ2v) is 5.20. The molecule has 1 aliphatic rings. The van der Waals surface area contributed by atoms with Gasteiger partial charge in [0.2, 0.25) is 5.91 Å². The van der Waals surface area contributed by atoms with Gasteiger partial charge in [0.05, 0.1) is 6.04 Å². The molecule has 0 aromatic heterocycles. The number of aryl methyl sites for hydroxylation is 1. The van der Waals surface area contributed by atoms with E-state index in [1.807, 2.05) is 19.1 Å². The van der Waals surface area contributed by atoms with Gasteiger partial charge in [-0.25, -0.2) is 0 Å². The summed E-state index contributed by atoms with van der Waals surface area (Å²) in [6.07, 6.45) is 3.13. The molecule has 0 radical (unpaired) electrons. The van der Waals surface area contributed by atoms with E-state index in [1.165, 1.54) is 11.1 Å². The number of carbonyl (C=O) groups excluding carboxylic acids is 1. The molecule has 0 fully saturated rings. The molecule has 0 bridgehead atoms. The van der Waals surface area contributed by atoms with Gasteiger partial charge in [0, 0.05) is 5.92 Å². The lowest BCUT2D eigenvalue weighted by Crippen LogP contribution is -2.47. The Morgan fingerprint density at radius 2 is 2.20 bits per heavy atom. The number of hydrogen-bond acceptors (Lipinski definition) is 3. The zero-order valence-electron chi connectivity index (χ0n) is 11.7. The Labute approximate surface area is 118 Å². The number of fused-ring (bicyclic) bond motifs is 1. The number of amidine groups is 1. The minimum Gasteiger partial charge on any atom is -0.409 e. The Hall–Kier alpha value is -2.04. The van der Waals surface area contributed by atoms with E-state index in [-0.39, 0.29) is 17.7 Å². The fraction of sp³-hybridized carbons (Fsp3) is 0.467. The number of oxime groups is 1. The first kappa shape index (κ1) is 14.4. The van der Waals surface area contributed by atoms with Crippen LogP contribution in [0.3, 0.4) is 0 Å². The maximum atomic E-state index is 12.3. The van der Waals surface area contributed by atoms with Gasteiger partial charge in [-0.05, 0) is 36.8 Å². The third kappa shape index (κ3) is 3.10. The van der Waals surface area contributed by atoms with Crippen molar-refractivity contribution in [3.8, 4) is 0 Å². The van der Waals surface area contributed by atoms with Crippen LogP contribution in [0.25, 0.3) is 0 Å². The van der Waals surface area contributed by atoms with E-state index in [0.717, 1.165) is 19.3 Å². The Balaban J connectivity index is 2.01. The molecule has 0 saturated heterocycles. The number of carbonyl (C=O) groups is 1. The zero-order chi connectivity index (χ0) is 14.5. The Bertz CT molecular complexity index is 514. The second-order valence-electron chi connectivity index (χ2n) is 5.20. The molecule has 0 heterocycles. The van der Waals surface area contributed by atoms with Gasteiger partial charge in [-0.2, -0.15) is 0 Å². The highest BCUT2D eigenvalue weighted by Gasteiger charge is 2.26. The van der Waals surface area contributed by atoms with E-state index in [0.29, 0.717) is 6.42 Å². The van der Waals surface area contributed by atoms with Gasteiger partial charge in [-0.1, -0.05) is 36.3 Å². The van der Waals surface area contributed by atoms with E-state index >= 15 is 0 Å². The van der Waals surface area contributed by atoms with E-state index in [1.54, 1.807) is 0 Å². The lowest BCUT2D eigenvalue weighted by molar-refractivity contribution is -0.125. The van der Waals surface area contributed by atoms with Crippen molar-refractivity contribution in [2.24, 2.45) is 16.8 Å². The zero-order valence-corrected chi connectivity index (χ0v) is 11.7. The average molecular weight is 275 g/mol. The maximum absolute atomic E-state index is 12.3. The summed E-state index contributed by atoms with van der Waals surface area (Å²) in [6, 6.07) is 7.84. The number of rotatable bonds is 4. The second kappa shape index (κ2) is 6.41. The summed E-state index contributed by atoms with van der Waals surface area (Å²) in [6.45, 7) is 1.89. The first-order valence-corrected chi connectivity index (χ1v) is 7.00. The van der Waals surface area contributed by atoms with Crippen molar-refractivity contribution in [2.75, 3.05) is 0 Å². The van der Waals surface area contributed by atoms with Gasteiger partial charge in [0.1, 0.15) is 0 Å². The number of amides is 1. The molecular weight excluding hydrogens is 254 g/mol. The summed E-state index contributed by atoms with van der Waals surface area (Å²) >= 11 is 0. The number of nitrogens with two attached hydrogens (primary N) is 1. The van der Waals surface area contributed by atoms with Gasteiger partial charge in [-0.15, -0.1) is 0 Å². The van der Waals surface area contributed by atoms with Crippen molar-refractivity contribution >= 4 is 11.7 Å². The van der Waals surface area contributed by atoms with Gasteiger partial charge in [0.15, 0.2) is 5.84 Å². The monoisotopic (exact) mass is 275 g/mol. The topological polar surface area (TPSA) is 87.7 Å².